The number of aromatic nitrogens is 1. The second kappa shape index (κ2) is 6.45. The molecular formula is C12H21N3O. The topological polar surface area (TPSA) is 41.3 Å². The minimum Gasteiger partial charge on any atom is -0.360 e. The van der Waals surface area contributed by atoms with Crippen LogP contribution < -0.4 is 5.32 Å². The summed E-state index contributed by atoms with van der Waals surface area (Å²) in [5, 5.41) is 7.03. The van der Waals surface area contributed by atoms with Gasteiger partial charge < -0.3 is 9.84 Å². The van der Waals surface area contributed by atoms with Crippen molar-refractivity contribution in [3.05, 3.63) is 29.7 Å². The Morgan fingerprint density at radius 2 is 2.38 bits per heavy atom. The minimum atomic E-state index is 0.746. The number of hydrogen-bond donors (Lipinski definition) is 1. The fourth-order valence-corrected chi connectivity index (χ4v) is 1.58. The van der Waals surface area contributed by atoms with Gasteiger partial charge in [-0.15, -0.1) is 0 Å². The molecule has 16 heavy (non-hydrogen) atoms. The summed E-state index contributed by atoms with van der Waals surface area (Å²) >= 11 is 0. The Morgan fingerprint density at radius 1 is 1.62 bits per heavy atom. The van der Waals surface area contributed by atoms with Crippen LogP contribution in [0.3, 0.4) is 0 Å². The van der Waals surface area contributed by atoms with Gasteiger partial charge in [-0.2, -0.15) is 0 Å². The number of likely N-dealkylation sites (N-methyl/N-ethyl adjacent to an activating group) is 1. The molecule has 0 aliphatic rings. The highest BCUT2D eigenvalue weighted by molar-refractivity contribution is 5.05. The van der Waals surface area contributed by atoms with Gasteiger partial charge in [0, 0.05) is 19.2 Å². The Morgan fingerprint density at radius 3 is 2.94 bits per heavy atom. The molecule has 0 amide bonds. The van der Waals surface area contributed by atoms with Crippen LogP contribution in [0.5, 0.6) is 0 Å². The first-order valence-electron chi connectivity index (χ1n) is 5.61. The zero-order valence-electron chi connectivity index (χ0n) is 10.4. The van der Waals surface area contributed by atoms with Crippen LogP contribution in [0.15, 0.2) is 22.7 Å². The van der Waals surface area contributed by atoms with Gasteiger partial charge in [-0.3, -0.25) is 4.90 Å². The molecule has 1 N–H and O–H groups in total. The summed E-state index contributed by atoms with van der Waals surface area (Å²) in [5.41, 5.74) is 2.11. The lowest BCUT2D eigenvalue weighted by molar-refractivity contribution is 0.256. The van der Waals surface area contributed by atoms with Crippen LogP contribution in [0.2, 0.25) is 0 Å². The molecule has 4 heteroatoms. The molecule has 1 aromatic heterocycles. The Hall–Kier alpha value is -1.13. The summed E-state index contributed by atoms with van der Waals surface area (Å²) in [6, 6.07) is 2.00. The lowest BCUT2D eigenvalue weighted by Crippen LogP contribution is -2.24. The van der Waals surface area contributed by atoms with Crippen LogP contribution in [0.25, 0.3) is 0 Å². The van der Waals surface area contributed by atoms with Crippen LogP contribution >= 0.6 is 0 Å². The molecule has 0 saturated carbocycles. The fourth-order valence-electron chi connectivity index (χ4n) is 1.58. The molecule has 4 nitrogen and oxygen atoms in total. The van der Waals surface area contributed by atoms with Crippen molar-refractivity contribution < 1.29 is 4.52 Å². The summed E-state index contributed by atoms with van der Waals surface area (Å²) < 4.78 is 5.27. The third-order valence-corrected chi connectivity index (χ3v) is 2.29. The summed E-state index contributed by atoms with van der Waals surface area (Å²) in [4.78, 5) is 2.27. The standard InChI is InChI=1S/C12H21N3O/c1-5-15(8-10(2)3)9-12-6-11(7-13-4)14-16-12/h6,13H,2,5,7-9H2,1,3-4H3. The van der Waals surface area contributed by atoms with Crippen LogP contribution in [-0.2, 0) is 13.1 Å². The van der Waals surface area contributed by atoms with Gasteiger partial charge in [0.25, 0.3) is 0 Å². The first-order valence-corrected chi connectivity index (χ1v) is 5.61. The number of rotatable bonds is 7. The largest absolute Gasteiger partial charge is 0.360 e. The van der Waals surface area contributed by atoms with Gasteiger partial charge in [-0.1, -0.05) is 24.2 Å². The second-order valence-corrected chi connectivity index (χ2v) is 4.08. The van der Waals surface area contributed by atoms with Crippen molar-refractivity contribution in [2.75, 3.05) is 20.1 Å². The molecule has 0 aromatic carbocycles. The van der Waals surface area contributed by atoms with Crippen LogP contribution in [0.4, 0.5) is 0 Å². The van der Waals surface area contributed by atoms with E-state index in [1.165, 1.54) is 0 Å². The van der Waals surface area contributed by atoms with Gasteiger partial charge in [-0.05, 0) is 20.5 Å². The van der Waals surface area contributed by atoms with Crippen molar-refractivity contribution in [3.8, 4) is 0 Å². The molecule has 1 aromatic rings. The van der Waals surface area contributed by atoms with Gasteiger partial charge >= 0.3 is 0 Å². The van der Waals surface area contributed by atoms with Crippen LogP contribution in [-0.4, -0.2) is 30.2 Å². The quantitative estimate of drug-likeness (QED) is 0.716. The molecule has 0 fully saturated rings. The summed E-state index contributed by atoms with van der Waals surface area (Å²) in [5.74, 6) is 0.911. The van der Waals surface area contributed by atoms with Crippen LogP contribution in [0.1, 0.15) is 25.3 Å². The van der Waals surface area contributed by atoms with E-state index in [1.54, 1.807) is 0 Å². The number of nitrogens with zero attached hydrogens (tertiary/aromatic N) is 2. The Balaban J connectivity index is 2.52. The minimum absolute atomic E-state index is 0.746. The Labute approximate surface area is 97.3 Å². The van der Waals surface area contributed by atoms with Gasteiger partial charge in [0.2, 0.25) is 0 Å². The molecule has 0 radical (unpaired) electrons. The third kappa shape index (κ3) is 4.16. The van der Waals surface area contributed by atoms with Crippen LogP contribution in [0, 0.1) is 0 Å². The summed E-state index contributed by atoms with van der Waals surface area (Å²) in [7, 11) is 1.90. The molecular weight excluding hydrogens is 202 g/mol. The lowest BCUT2D eigenvalue weighted by Gasteiger charge is -2.18. The van der Waals surface area contributed by atoms with E-state index < -0.39 is 0 Å². The average molecular weight is 223 g/mol. The maximum Gasteiger partial charge on any atom is 0.151 e. The highest BCUT2D eigenvalue weighted by Gasteiger charge is 2.08. The average Bonchev–Trinajstić information content (AvgIpc) is 2.64. The second-order valence-electron chi connectivity index (χ2n) is 4.08. The van der Waals surface area contributed by atoms with E-state index in [-0.39, 0.29) is 0 Å². The smallest absolute Gasteiger partial charge is 0.151 e. The molecule has 0 aliphatic carbocycles. The fraction of sp³-hybridized carbons (Fsp3) is 0.583. The van der Waals surface area contributed by atoms with Gasteiger partial charge in [-0.25, -0.2) is 0 Å². The predicted octanol–water partition coefficient (Wildman–Crippen LogP) is 1.79. The van der Waals surface area contributed by atoms with E-state index >= 15 is 0 Å². The van der Waals surface area contributed by atoms with Crippen molar-refractivity contribution in [2.45, 2.75) is 26.9 Å². The first kappa shape index (κ1) is 12.9. The Bertz CT molecular complexity index is 333. The number of nitrogens with one attached hydrogen (secondary N) is 1. The summed E-state index contributed by atoms with van der Waals surface area (Å²) in [6.07, 6.45) is 0. The molecule has 0 spiro atoms. The van der Waals surface area contributed by atoms with Gasteiger partial charge in [0.05, 0.1) is 12.2 Å². The van der Waals surface area contributed by atoms with Gasteiger partial charge in [0.15, 0.2) is 5.76 Å². The lowest BCUT2D eigenvalue weighted by atomic mass is 10.3. The zero-order chi connectivity index (χ0) is 12.0. The molecule has 0 saturated heterocycles. The zero-order valence-corrected chi connectivity index (χ0v) is 10.4. The van der Waals surface area contributed by atoms with Crippen molar-refractivity contribution >= 4 is 0 Å². The molecule has 0 atom stereocenters. The van der Waals surface area contributed by atoms with E-state index in [0.717, 1.165) is 43.2 Å². The van der Waals surface area contributed by atoms with Crippen molar-refractivity contribution in [1.82, 2.24) is 15.4 Å². The first-order chi connectivity index (χ1) is 7.65. The SMILES string of the molecule is C=C(C)CN(CC)Cc1cc(CNC)no1. The molecule has 0 bridgehead atoms. The molecule has 0 aliphatic heterocycles. The van der Waals surface area contributed by atoms with Gasteiger partial charge in [0.1, 0.15) is 0 Å². The summed E-state index contributed by atoms with van der Waals surface area (Å²) in [6.45, 7) is 11.5. The van der Waals surface area contributed by atoms with E-state index in [1.807, 2.05) is 20.0 Å². The highest BCUT2D eigenvalue weighted by Crippen LogP contribution is 2.08. The Kier molecular flexibility index (Phi) is 5.22. The molecule has 1 heterocycles. The van der Waals surface area contributed by atoms with E-state index in [9.17, 15) is 0 Å². The van der Waals surface area contributed by atoms with Crippen molar-refractivity contribution in [2.24, 2.45) is 0 Å². The molecule has 90 valence electrons. The maximum atomic E-state index is 5.27. The maximum absolute atomic E-state index is 5.27. The van der Waals surface area contributed by atoms with E-state index in [0.29, 0.717) is 0 Å². The van der Waals surface area contributed by atoms with E-state index in [2.05, 4.69) is 28.9 Å². The molecule has 0 unspecified atom stereocenters. The van der Waals surface area contributed by atoms with Crippen molar-refractivity contribution in [1.29, 1.82) is 0 Å². The van der Waals surface area contributed by atoms with E-state index in [4.69, 9.17) is 4.52 Å². The third-order valence-electron chi connectivity index (χ3n) is 2.29. The number of hydrogen-bond acceptors (Lipinski definition) is 4. The molecule has 1 rings (SSSR count). The normalized spacial score (nSPS) is 11.0. The monoisotopic (exact) mass is 223 g/mol. The van der Waals surface area contributed by atoms with Crippen molar-refractivity contribution in [3.63, 3.8) is 0 Å². The predicted molar refractivity (Wildman–Crippen MR) is 65.0 cm³/mol. The highest BCUT2D eigenvalue weighted by atomic mass is 16.5.